The average molecular weight is 293 g/mol. The van der Waals surface area contributed by atoms with E-state index in [2.05, 4.69) is 19.2 Å². The van der Waals surface area contributed by atoms with Crippen LogP contribution in [0.3, 0.4) is 0 Å². The van der Waals surface area contributed by atoms with Crippen molar-refractivity contribution in [2.75, 3.05) is 20.3 Å². The number of rotatable bonds is 7. The van der Waals surface area contributed by atoms with Gasteiger partial charge in [-0.3, -0.25) is 4.79 Å². The van der Waals surface area contributed by atoms with E-state index in [1.165, 1.54) is 32.1 Å². The third-order valence-corrected chi connectivity index (χ3v) is 3.83. The van der Waals surface area contributed by atoms with Crippen molar-refractivity contribution in [1.29, 1.82) is 0 Å². The zero-order chi connectivity index (χ0) is 13.6. The Labute approximate surface area is 123 Å². The number of ether oxygens (including phenoxy) is 1. The second-order valence-corrected chi connectivity index (χ2v) is 6.08. The van der Waals surface area contributed by atoms with Crippen LogP contribution in [0.2, 0.25) is 0 Å². The number of carbonyl (C=O) groups is 1. The Kier molecular flexibility index (Phi) is 8.62. The maximum absolute atomic E-state index is 11.8. The van der Waals surface area contributed by atoms with Crippen LogP contribution in [0.5, 0.6) is 0 Å². The van der Waals surface area contributed by atoms with Crippen LogP contribution in [0.25, 0.3) is 0 Å². The molecule has 1 aliphatic rings. The van der Waals surface area contributed by atoms with E-state index in [4.69, 9.17) is 10.5 Å². The molecule has 1 atom stereocenters. The highest BCUT2D eigenvalue weighted by Gasteiger charge is 2.34. The molecule has 0 aliphatic heterocycles. The Morgan fingerprint density at radius 1 is 1.37 bits per heavy atom. The van der Waals surface area contributed by atoms with Gasteiger partial charge in [-0.1, -0.05) is 26.7 Å². The van der Waals surface area contributed by atoms with Gasteiger partial charge in [0.05, 0.1) is 6.61 Å². The van der Waals surface area contributed by atoms with Gasteiger partial charge in [-0.25, -0.2) is 0 Å². The summed E-state index contributed by atoms with van der Waals surface area (Å²) in [6, 6.07) is -0.549. The molecule has 3 N–H and O–H groups in total. The van der Waals surface area contributed by atoms with Gasteiger partial charge in [0.25, 0.3) is 0 Å². The summed E-state index contributed by atoms with van der Waals surface area (Å²) < 4.78 is 4.90. The number of amides is 1. The van der Waals surface area contributed by atoms with Crippen molar-refractivity contribution in [3.8, 4) is 0 Å². The lowest BCUT2D eigenvalue weighted by Crippen LogP contribution is -2.47. The molecule has 0 aromatic heterocycles. The molecule has 0 heterocycles. The van der Waals surface area contributed by atoms with Gasteiger partial charge >= 0.3 is 0 Å². The number of halogens is 1. The zero-order valence-electron chi connectivity index (χ0n) is 12.4. The predicted molar refractivity (Wildman–Crippen MR) is 80.5 cm³/mol. The molecule has 0 radical (unpaired) electrons. The minimum atomic E-state index is -0.549. The van der Waals surface area contributed by atoms with Gasteiger partial charge in [-0.05, 0) is 30.6 Å². The van der Waals surface area contributed by atoms with Crippen LogP contribution in [0.1, 0.15) is 46.0 Å². The van der Waals surface area contributed by atoms with Crippen LogP contribution in [-0.4, -0.2) is 32.2 Å². The van der Waals surface area contributed by atoms with Crippen molar-refractivity contribution in [2.45, 2.75) is 52.0 Å². The number of methoxy groups -OCH3 is 1. The number of carbonyl (C=O) groups excluding carboxylic acids is 1. The summed E-state index contributed by atoms with van der Waals surface area (Å²) in [5.41, 5.74) is 6.02. The number of hydrogen-bond acceptors (Lipinski definition) is 3. The van der Waals surface area contributed by atoms with Crippen LogP contribution in [0.15, 0.2) is 0 Å². The lowest BCUT2D eigenvalue weighted by atomic mass is 9.78. The molecule has 4 nitrogen and oxygen atoms in total. The Morgan fingerprint density at radius 2 is 1.95 bits per heavy atom. The quantitative estimate of drug-likeness (QED) is 0.755. The van der Waals surface area contributed by atoms with Crippen LogP contribution in [0.4, 0.5) is 0 Å². The maximum atomic E-state index is 11.8. The Hall–Kier alpha value is -0.320. The van der Waals surface area contributed by atoms with Crippen molar-refractivity contribution in [2.24, 2.45) is 17.1 Å². The Balaban J connectivity index is 0.00000324. The first kappa shape index (κ1) is 18.7. The molecule has 114 valence electrons. The second kappa shape index (κ2) is 8.77. The highest BCUT2D eigenvalue weighted by Crippen LogP contribution is 2.42. The molecule has 19 heavy (non-hydrogen) atoms. The van der Waals surface area contributed by atoms with Gasteiger partial charge in [0.2, 0.25) is 5.91 Å². The van der Waals surface area contributed by atoms with Crippen molar-refractivity contribution in [1.82, 2.24) is 5.32 Å². The van der Waals surface area contributed by atoms with Crippen molar-refractivity contribution in [3.63, 3.8) is 0 Å². The molecule has 1 saturated carbocycles. The number of nitrogens with one attached hydrogen (secondary N) is 1. The zero-order valence-corrected chi connectivity index (χ0v) is 13.2. The van der Waals surface area contributed by atoms with Crippen molar-refractivity contribution >= 4 is 18.3 Å². The molecule has 0 bridgehead atoms. The summed E-state index contributed by atoms with van der Waals surface area (Å²) in [5, 5.41) is 3.01. The number of hydrogen-bond donors (Lipinski definition) is 2. The fourth-order valence-electron chi connectivity index (χ4n) is 3.11. The van der Waals surface area contributed by atoms with Crippen LogP contribution < -0.4 is 11.1 Å². The molecular weight excluding hydrogens is 264 g/mol. The Bertz CT molecular complexity index is 266. The van der Waals surface area contributed by atoms with Crippen LogP contribution >= 0.6 is 12.4 Å². The van der Waals surface area contributed by atoms with Crippen LogP contribution in [-0.2, 0) is 9.53 Å². The van der Waals surface area contributed by atoms with Crippen molar-refractivity contribution < 1.29 is 9.53 Å². The van der Waals surface area contributed by atoms with Gasteiger partial charge < -0.3 is 15.8 Å². The average Bonchev–Trinajstić information content (AvgIpc) is 2.74. The van der Waals surface area contributed by atoms with Gasteiger partial charge in [0.1, 0.15) is 6.04 Å². The smallest absolute Gasteiger partial charge is 0.239 e. The molecule has 1 fully saturated rings. The molecule has 0 aromatic rings. The van der Waals surface area contributed by atoms with E-state index in [0.717, 1.165) is 6.54 Å². The topological polar surface area (TPSA) is 64.3 Å². The van der Waals surface area contributed by atoms with E-state index in [0.29, 0.717) is 11.3 Å². The largest absolute Gasteiger partial charge is 0.383 e. The fourth-order valence-corrected chi connectivity index (χ4v) is 3.11. The molecule has 0 spiro atoms. The first-order valence-electron chi connectivity index (χ1n) is 7.01. The van der Waals surface area contributed by atoms with Gasteiger partial charge in [0.15, 0.2) is 0 Å². The van der Waals surface area contributed by atoms with Gasteiger partial charge in [-0.2, -0.15) is 0 Å². The first-order chi connectivity index (χ1) is 8.49. The van der Waals surface area contributed by atoms with E-state index >= 15 is 0 Å². The van der Waals surface area contributed by atoms with Gasteiger partial charge in [-0.15, -0.1) is 12.4 Å². The summed E-state index contributed by atoms with van der Waals surface area (Å²) in [7, 11) is 1.56. The molecule has 1 unspecified atom stereocenters. The highest BCUT2D eigenvalue weighted by atomic mass is 35.5. The minimum Gasteiger partial charge on any atom is -0.383 e. The molecule has 0 aromatic carbocycles. The normalized spacial score (nSPS) is 19.0. The highest BCUT2D eigenvalue weighted by molar-refractivity contribution is 5.85. The molecule has 1 rings (SSSR count). The maximum Gasteiger partial charge on any atom is 0.239 e. The SMILES string of the molecule is COCC(N)C(=O)NCC1(CC(C)C)CCCC1.Cl. The van der Waals surface area contributed by atoms with E-state index in [9.17, 15) is 4.79 Å². The summed E-state index contributed by atoms with van der Waals surface area (Å²) in [6.45, 7) is 5.54. The molecule has 1 amide bonds. The van der Waals surface area contributed by atoms with E-state index in [1.54, 1.807) is 7.11 Å². The monoisotopic (exact) mass is 292 g/mol. The molecule has 0 saturated heterocycles. The first-order valence-corrected chi connectivity index (χ1v) is 7.01. The molecular formula is C14H29ClN2O2. The summed E-state index contributed by atoms with van der Waals surface area (Å²) >= 11 is 0. The number of nitrogens with two attached hydrogens (primary N) is 1. The summed E-state index contributed by atoms with van der Waals surface area (Å²) in [5.74, 6) is 0.583. The predicted octanol–water partition coefficient (Wildman–Crippen LogP) is 2.10. The van der Waals surface area contributed by atoms with Crippen molar-refractivity contribution in [3.05, 3.63) is 0 Å². The lowest BCUT2D eigenvalue weighted by molar-refractivity contribution is -0.124. The lowest BCUT2D eigenvalue weighted by Gasteiger charge is -2.31. The molecule has 1 aliphatic carbocycles. The van der Waals surface area contributed by atoms with E-state index in [1.807, 2.05) is 0 Å². The third kappa shape index (κ3) is 6.11. The third-order valence-electron chi connectivity index (χ3n) is 3.83. The summed E-state index contributed by atoms with van der Waals surface area (Å²) in [6.07, 6.45) is 6.21. The standard InChI is InChI=1S/C14H28N2O2.ClH/c1-11(2)8-14(6-4-5-7-14)10-16-13(17)12(15)9-18-3;/h11-12H,4-10,15H2,1-3H3,(H,16,17);1H. The minimum absolute atomic E-state index is 0. The fraction of sp³-hybridized carbons (Fsp3) is 0.929. The molecule has 5 heteroatoms. The second-order valence-electron chi connectivity index (χ2n) is 6.08. The summed E-state index contributed by atoms with van der Waals surface area (Å²) in [4.78, 5) is 11.8. The van der Waals surface area contributed by atoms with Crippen LogP contribution in [0, 0.1) is 11.3 Å². The Morgan fingerprint density at radius 3 is 2.42 bits per heavy atom. The van der Waals surface area contributed by atoms with E-state index in [-0.39, 0.29) is 24.9 Å². The van der Waals surface area contributed by atoms with Gasteiger partial charge in [0, 0.05) is 13.7 Å². The van der Waals surface area contributed by atoms with E-state index < -0.39 is 6.04 Å².